The van der Waals surface area contributed by atoms with Gasteiger partial charge in [-0.15, -0.1) is 0 Å². The molecule has 7 heteroatoms. The molecule has 0 saturated carbocycles. The van der Waals surface area contributed by atoms with Crippen molar-refractivity contribution in [1.29, 1.82) is 0 Å². The van der Waals surface area contributed by atoms with E-state index in [9.17, 15) is 9.59 Å². The zero-order valence-electron chi connectivity index (χ0n) is 14.3. The van der Waals surface area contributed by atoms with Gasteiger partial charge in [-0.1, -0.05) is 22.9 Å². The standard InChI is InChI=1S/C18H22ClN3O2S/c1-13-12-25-18(24)22(13)10-7-17(23)20-15-11-14(19)5-6-16(15)21-8-3-2-4-9-21/h5-6,11-12H,2-4,7-10H2,1H3,(H,20,23). The van der Waals surface area contributed by atoms with Gasteiger partial charge in [0.1, 0.15) is 0 Å². The maximum absolute atomic E-state index is 12.4. The number of benzene rings is 1. The first kappa shape index (κ1) is 18.0. The highest BCUT2D eigenvalue weighted by Gasteiger charge is 2.16. The Balaban J connectivity index is 1.70. The number of thiazole rings is 1. The van der Waals surface area contributed by atoms with Crippen molar-refractivity contribution in [3.63, 3.8) is 0 Å². The van der Waals surface area contributed by atoms with Gasteiger partial charge in [0.05, 0.1) is 11.4 Å². The second kappa shape index (κ2) is 8.06. The number of aromatic nitrogens is 1. The molecule has 5 nitrogen and oxygen atoms in total. The molecule has 0 unspecified atom stereocenters. The van der Waals surface area contributed by atoms with Crippen LogP contribution in [0.1, 0.15) is 31.4 Å². The van der Waals surface area contributed by atoms with Gasteiger partial charge in [-0.2, -0.15) is 0 Å². The molecule has 3 rings (SSSR count). The molecule has 1 aromatic carbocycles. The Morgan fingerprint density at radius 3 is 2.72 bits per heavy atom. The summed E-state index contributed by atoms with van der Waals surface area (Å²) in [6, 6.07) is 5.62. The van der Waals surface area contributed by atoms with Crippen LogP contribution < -0.4 is 15.1 Å². The van der Waals surface area contributed by atoms with Crippen LogP contribution in [0, 0.1) is 6.92 Å². The number of hydrogen-bond acceptors (Lipinski definition) is 4. The van der Waals surface area contributed by atoms with E-state index in [1.165, 1.54) is 6.42 Å². The first-order valence-electron chi connectivity index (χ1n) is 8.54. The van der Waals surface area contributed by atoms with Crippen molar-refractivity contribution in [1.82, 2.24) is 4.57 Å². The van der Waals surface area contributed by atoms with Crippen LogP contribution in [0.5, 0.6) is 0 Å². The zero-order chi connectivity index (χ0) is 17.8. The molecule has 0 atom stereocenters. The van der Waals surface area contributed by atoms with E-state index in [0.717, 1.165) is 54.3 Å². The summed E-state index contributed by atoms with van der Waals surface area (Å²) in [7, 11) is 0. The molecule has 134 valence electrons. The maximum Gasteiger partial charge on any atom is 0.307 e. The van der Waals surface area contributed by atoms with E-state index in [-0.39, 0.29) is 17.2 Å². The van der Waals surface area contributed by atoms with Gasteiger partial charge in [0.2, 0.25) is 5.91 Å². The Bertz CT molecular complexity index is 809. The second-order valence-corrected chi connectivity index (χ2v) is 7.56. The predicted octanol–water partition coefficient (Wildman–Crippen LogP) is 3.89. The average molecular weight is 380 g/mol. The molecule has 1 aromatic heterocycles. The highest BCUT2D eigenvalue weighted by Crippen LogP contribution is 2.31. The third-order valence-electron chi connectivity index (χ3n) is 4.47. The van der Waals surface area contributed by atoms with E-state index in [1.54, 1.807) is 10.6 Å². The lowest BCUT2D eigenvalue weighted by Crippen LogP contribution is -2.30. The quantitative estimate of drug-likeness (QED) is 0.857. The highest BCUT2D eigenvalue weighted by atomic mass is 35.5. The van der Waals surface area contributed by atoms with Crippen molar-refractivity contribution in [2.24, 2.45) is 0 Å². The van der Waals surface area contributed by atoms with Gasteiger partial charge in [-0.25, -0.2) is 0 Å². The van der Waals surface area contributed by atoms with Gasteiger partial charge in [-0.3, -0.25) is 9.59 Å². The van der Waals surface area contributed by atoms with Crippen LogP contribution in [-0.2, 0) is 11.3 Å². The summed E-state index contributed by atoms with van der Waals surface area (Å²) in [4.78, 5) is 26.4. The number of nitrogens with zero attached hydrogens (tertiary/aromatic N) is 2. The highest BCUT2D eigenvalue weighted by molar-refractivity contribution is 7.07. The van der Waals surface area contributed by atoms with Gasteiger partial charge in [0.15, 0.2) is 0 Å². The fourth-order valence-electron chi connectivity index (χ4n) is 3.12. The molecule has 1 N–H and O–H groups in total. The maximum atomic E-state index is 12.4. The average Bonchev–Trinajstić information content (AvgIpc) is 2.92. The van der Waals surface area contributed by atoms with Crippen molar-refractivity contribution < 1.29 is 4.79 Å². The smallest absolute Gasteiger partial charge is 0.307 e. The molecule has 0 radical (unpaired) electrons. The van der Waals surface area contributed by atoms with Crippen LogP contribution in [-0.4, -0.2) is 23.6 Å². The number of carbonyl (C=O) groups is 1. The van der Waals surface area contributed by atoms with Crippen molar-refractivity contribution in [3.05, 3.63) is 44.0 Å². The molecule has 0 spiro atoms. The van der Waals surface area contributed by atoms with Crippen LogP contribution in [0.15, 0.2) is 28.4 Å². The second-order valence-electron chi connectivity index (χ2n) is 6.30. The minimum atomic E-state index is -0.113. The van der Waals surface area contributed by atoms with Crippen LogP contribution >= 0.6 is 22.9 Å². The van der Waals surface area contributed by atoms with Crippen molar-refractivity contribution in [3.8, 4) is 0 Å². The normalized spacial score (nSPS) is 14.6. The van der Waals surface area contributed by atoms with E-state index in [1.807, 2.05) is 24.4 Å². The zero-order valence-corrected chi connectivity index (χ0v) is 15.8. The molecule has 0 bridgehead atoms. The summed E-state index contributed by atoms with van der Waals surface area (Å²) < 4.78 is 1.63. The molecule has 1 aliphatic rings. The number of nitrogens with one attached hydrogen (secondary N) is 1. The predicted molar refractivity (Wildman–Crippen MR) is 104 cm³/mol. The van der Waals surface area contributed by atoms with E-state index >= 15 is 0 Å². The molecule has 2 aromatic rings. The van der Waals surface area contributed by atoms with Gasteiger partial charge in [-0.05, 0) is 44.4 Å². The van der Waals surface area contributed by atoms with Crippen molar-refractivity contribution in [2.75, 3.05) is 23.3 Å². The van der Waals surface area contributed by atoms with Crippen LogP contribution in [0.2, 0.25) is 5.02 Å². The van der Waals surface area contributed by atoms with Crippen molar-refractivity contribution in [2.45, 2.75) is 39.2 Å². The molecule has 0 aliphatic carbocycles. The number of rotatable bonds is 5. The number of anilines is 2. The molecule has 25 heavy (non-hydrogen) atoms. The fraction of sp³-hybridized carbons (Fsp3) is 0.444. The Morgan fingerprint density at radius 1 is 1.28 bits per heavy atom. The molecule has 1 aliphatic heterocycles. The van der Waals surface area contributed by atoms with Crippen LogP contribution in [0.25, 0.3) is 0 Å². The van der Waals surface area contributed by atoms with E-state index < -0.39 is 0 Å². The van der Waals surface area contributed by atoms with Crippen LogP contribution in [0.4, 0.5) is 11.4 Å². The summed E-state index contributed by atoms with van der Waals surface area (Å²) in [5.74, 6) is -0.113. The molecule has 1 fully saturated rings. The Morgan fingerprint density at radius 2 is 2.04 bits per heavy atom. The number of piperidine rings is 1. The first-order valence-corrected chi connectivity index (χ1v) is 9.79. The molecule has 1 saturated heterocycles. The summed E-state index contributed by atoms with van der Waals surface area (Å²) in [6.07, 6.45) is 3.83. The minimum Gasteiger partial charge on any atom is -0.370 e. The Labute approximate surface area is 156 Å². The topological polar surface area (TPSA) is 54.3 Å². The SMILES string of the molecule is Cc1csc(=O)n1CCC(=O)Nc1cc(Cl)ccc1N1CCCCC1. The van der Waals surface area contributed by atoms with Crippen LogP contribution in [0.3, 0.4) is 0 Å². The first-order chi connectivity index (χ1) is 12.0. The Hall–Kier alpha value is -1.79. The lowest BCUT2D eigenvalue weighted by Gasteiger charge is -2.30. The van der Waals surface area contributed by atoms with E-state index in [4.69, 9.17) is 11.6 Å². The Kier molecular flexibility index (Phi) is 5.81. The summed E-state index contributed by atoms with van der Waals surface area (Å²) >= 11 is 7.29. The fourth-order valence-corrected chi connectivity index (χ4v) is 4.05. The number of carbonyl (C=O) groups excluding carboxylic acids is 1. The number of hydrogen-bond donors (Lipinski definition) is 1. The summed E-state index contributed by atoms with van der Waals surface area (Å²) in [5, 5.41) is 5.38. The molecule has 1 amide bonds. The summed E-state index contributed by atoms with van der Waals surface area (Å²) in [5.41, 5.74) is 2.65. The van der Waals surface area contributed by atoms with E-state index in [2.05, 4.69) is 10.2 Å². The number of aryl methyl sites for hydroxylation is 1. The lowest BCUT2D eigenvalue weighted by molar-refractivity contribution is -0.116. The third kappa shape index (κ3) is 4.44. The molecular weight excluding hydrogens is 358 g/mol. The number of amides is 1. The summed E-state index contributed by atoms with van der Waals surface area (Å²) in [6.45, 7) is 4.25. The molecule has 2 heterocycles. The third-order valence-corrected chi connectivity index (χ3v) is 5.58. The number of halogens is 1. The minimum absolute atomic E-state index is 0.0259. The lowest BCUT2D eigenvalue weighted by atomic mass is 10.1. The van der Waals surface area contributed by atoms with E-state index in [0.29, 0.717) is 11.6 Å². The molecular formula is C18H22ClN3O2S. The van der Waals surface area contributed by atoms with Crippen molar-refractivity contribution >= 4 is 40.2 Å². The largest absolute Gasteiger partial charge is 0.370 e. The monoisotopic (exact) mass is 379 g/mol. The van der Waals surface area contributed by atoms with Gasteiger partial charge in [0.25, 0.3) is 0 Å². The van der Waals surface area contributed by atoms with Gasteiger partial charge >= 0.3 is 4.87 Å². The van der Waals surface area contributed by atoms with Gasteiger partial charge < -0.3 is 14.8 Å². The van der Waals surface area contributed by atoms with Gasteiger partial charge in [0, 0.05) is 42.2 Å².